The molecule has 1 aliphatic heterocycles. The highest BCUT2D eigenvalue weighted by molar-refractivity contribution is 6.00. The summed E-state index contributed by atoms with van der Waals surface area (Å²) in [6.07, 6.45) is 0.762. The number of benzene rings is 5. The van der Waals surface area contributed by atoms with Gasteiger partial charge in [0.25, 0.3) is 5.69 Å². The lowest BCUT2D eigenvalue weighted by Crippen LogP contribution is -2.63. The van der Waals surface area contributed by atoms with Crippen molar-refractivity contribution in [3.05, 3.63) is 207 Å². The van der Waals surface area contributed by atoms with Crippen LogP contribution in [0.1, 0.15) is 62.8 Å². The Hall–Kier alpha value is -7.06. The third kappa shape index (κ3) is 11.2. The van der Waals surface area contributed by atoms with Gasteiger partial charge >= 0.3 is 11.9 Å². The summed E-state index contributed by atoms with van der Waals surface area (Å²) >= 11 is 0. The Morgan fingerprint density at radius 3 is 1.85 bits per heavy atom. The van der Waals surface area contributed by atoms with E-state index in [1.165, 1.54) is 18.2 Å². The first kappa shape index (κ1) is 50.4. The lowest BCUT2D eigenvalue weighted by molar-refractivity contribution is -0.384. The van der Waals surface area contributed by atoms with Crippen LogP contribution in [0, 0.1) is 10.1 Å². The standard InChI is InChI=1S/C55H62N4O9/c1-8-33-57(36-46-51(53(62)67-10-3)50(40-23-22-30-44(34-40)59(63)64)49(39(4)56-46)52(61)66-9-2)38-54(5,6)58(35-45(60)37-68-48-32-21-20-31-47(48)65-7)55(41-24-14-11-15-25-41,42-26-16-12-17-27-42)43-28-18-13-19-29-43/h8,11-32,34,45,50,56,60H,1,9-10,33,35-38H2,2-7H3. The number of hydrogen-bond acceptors (Lipinski definition) is 12. The van der Waals surface area contributed by atoms with Gasteiger partial charge in [-0.25, -0.2) is 9.59 Å². The van der Waals surface area contributed by atoms with Crippen molar-refractivity contribution in [2.75, 3.05) is 53.1 Å². The second-order valence-electron chi connectivity index (χ2n) is 17.1. The molecule has 1 aliphatic rings. The number of para-hydroxylation sites is 2. The fraction of sp³-hybridized carbons (Fsp3) is 0.309. The summed E-state index contributed by atoms with van der Waals surface area (Å²) in [7, 11) is 1.57. The zero-order chi connectivity index (χ0) is 48.8. The maximum Gasteiger partial charge on any atom is 0.336 e. The minimum absolute atomic E-state index is 0.0384. The molecule has 0 saturated heterocycles. The van der Waals surface area contributed by atoms with Crippen LogP contribution in [0.15, 0.2) is 175 Å². The summed E-state index contributed by atoms with van der Waals surface area (Å²) in [5.41, 5.74) is 2.35. The smallest absolute Gasteiger partial charge is 0.336 e. The fourth-order valence-corrected chi connectivity index (χ4v) is 9.36. The fourth-order valence-electron chi connectivity index (χ4n) is 9.36. The quantitative estimate of drug-likeness (QED) is 0.0212. The topological polar surface area (TPSA) is 153 Å². The number of allylic oxidation sites excluding steroid dienone is 1. The number of nitro groups is 1. The number of nitro benzene ring substituents is 1. The lowest BCUT2D eigenvalue weighted by Gasteiger charge is -2.54. The molecule has 0 amide bonds. The van der Waals surface area contributed by atoms with Gasteiger partial charge in [0.15, 0.2) is 11.5 Å². The highest BCUT2D eigenvalue weighted by atomic mass is 16.6. The van der Waals surface area contributed by atoms with Crippen molar-refractivity contribution >= 4 is 17.6 Å². The van der Waals surface area contributed by atoms with Crippen LogP contribution in [-0.4, -0.2) is 96.5 Å². The number of carbonyl (C=O) groups excluding carboxylic acids is 2. The molecule has 0 aromatic heterocycles. The van der Waals surface area contributed by atoms with Crippen molar-refractivity contribution in [3.8, 4) is 11.5 Å². The summed E-state index contributed by atoms with van der Waals surface area (Å²) in [6, 6.07) is 43.9. The van der Waals surface area contributed by atoms with Crippen molar-refractivity contribution in [2.24, 2.45) is 0 Å². The van der Waals surface area contributed by atoms with Crippen LogP contribution in [0.25, 0.3) is 0 Å². The molecule has 13 heteroatoms. The Kier molecular flexibility index (Phi) is 17.1. The predicted molar refractivity (Wildman–Crippen MR) is 263 cm³/mol. The second-order valence-corrected chi connectivity index (χ2v) is 17.1. The average Bonchev–Trinajstić information content (AvgIpc) is 3.34. The number of rotatable bonds is 23. The van der Waals surface area contributed by atoms with Crippen molar-refractivity contribution < 1.29 is 38.6 Å². The number of aliphatic hydroxyl groups excluding tert-OH is 1. The number of β-amino-alcohol motifs (C(OH)–C–C–N with tert-alkyl or cyclic N) is 1. The van der Waals surface area contributed by atoms with Crippen LogP contribution in [0.5, 0.6) is 11.5 Å². The van der Waals surface area contributed by atoms with Crippen molar-refractivity contribution in [1.29, 1.82) is 0 Å². The Morgan fingerprint density at radius 1 is 0.809 bits per heavy atom. The number of ether oxygens (including phenoxy) is 4. The molecule has 5 aromatic rings. The summed E-state index contributed by atoms with van der Waals surface area (Å²) in [4.78, 5) is 44.2. The Balaban J connectivity index is 1.53. The molecule has 6 rings (SSSR count). The summed E-state index contributed by atoms with van der Waals surface area (Å²) in [5, 5.41) is 27.8. The molecule has 0 bridgehead atoms. The summed E-state index contributed by atoms with van der Waals surface area (Å²) < 4.78 is 23.1. The second kappa shape index (κ2) is 23.1. The van der Waals surface area contributed by atoms with Crippen LogP contribution in [0.2, 0.25) is 0 Å². The lowest BCUT2D eigenvalue weighted by atomic mass is 9.73. The van der Waals surface area contributed by atoms with Crippen molar-refractivity contribution in [1.82, 2.24) is 15.1 Å². The van der Waals surface area contributed by atoms with Crippen molar-refractivity contribution in [2.45, 2.75) is 57.7 Å². The first-order valence-corrected chi connectivity index (χ1v) is 22.8. The molecule has 0 radical (unpaired) electrons. The van der Waals surface area contributed by atoms with Gasteiger partial charge < -0.3 is 29.4 Å². The van der Waals surface area contributed by atoms with Gasteiger partial charge in [-0.3, -0.25) is 19.9 Å². The average molecular weight is 923 g/mol. The minimum atomic E-state index is -1.07. The zero-order valence-electron chi connectivity index (χ0n) is 39.7. The van der Waals surface area contributed by atoms with Gasteiger partial charge in [0.1, 0.15) is 12.7 Å². The zero-order valence-corrected chi connectivity index (χ0v) is 39.7. The molecule has 13 nitrogen and oxygen atoms in total. The number of hydrogen-bond donors (Lipinski definition) is 2. The maximum absolute atomic E-state index is 14.4. The summed E-state index contributed by atoms with van der Waals surface area (Å²) in [5.74, 6) is -1.37. The third-order valence-electron chi connectivity index (χ3n) is 12.0. The van der Waals surface area contributed by atoms with Gasteiger partial charge in [0.2, 0.25) is 0 Å². The molecule has 5 aromatic carbocycles. The molecule has 356 valence electrons. The molecule has 1 heterocycles. The van der Waals surface area contributed by atoms with E-state index in [0.717, 1.165) is 16.7 Å². The predicted octanol–water partition coefficient (Wildman–Crippen LogP) is 8.95. The molecular weight excluding hydrogens is 861 g/mol. The number of non-ortho nitro benzene ring substituents is 1. The highest BCUT2D eigenvalue weighted by Gasteiger charge is 2.49. The first-order chi connectivity index (χ1) is 32.8. The van der Waals surface area contributed by atoms with Crippen LogP contribution in [-0.2, 0) is 24.6 Å². The largest absolute Gasteiger partial charge is 0.493 e. The van der Waals surface area contributed by atoms with E-state index in [9.17, 15) is 24.8 Å². The van der Waals surface area contributed by atoms with E-state index in [2.05, 4.69) is 71.9 Å². The normalized spacial score (nSPS) is 14.6. The van der Waals surface area contributed by atoms with E-state index < -0.39 is 40.0 Å². The van der Waals surface area contributed by atoms with Gasteiger partial charge in [-0.2, -0.15) is 0 Å². The molecule has 2 N–H and O–H groups in total. The molecule has 0 aliphatic carbocycles. The molecule has 2 unspecified atom stereocenters. The monoisotopic (exact) mass is 922 g/mol. The maximum atomic E-state index is 14.4. The van der Waals surface area contributed by atoms with E-state index in [-0.39, 0.29) is 49.7 Å². The number of aliphatic hydroxyl groups is 1. The van der Waals surface area contributed by atoms with Crippen LogP contribution in [0.3, 0.4) is 0 Å². The Morgan fingerprint density at radius 2 is 1.34 bits per heavy atom. The van der Waals surface area contributed by atoms with Gasteiger partial charge in [-0.1, -0.05) is 121 Å². The number of carbonyl (C=O) groups is 2. The molecule has 0 fully saturated rings. The van der Waals surface area contributed by atoms with Gasteiger partial charge in [-0.05, 0) is 69.0 Å². The number of esters is 2. The number of methoxy groups -OCH3 is 1. The molecule has 2 atom stereocenters. The molecule has 0 spiro atoms. The molecule has 68 heavy (non-hydrogen) atoms. The van der Waals surface area contributed by atoms with Crippen LogP contribution < -0.4 is 14.8 Å². The summed E-state index contributed by atoms with van der Waals surface area (Å²) in [6.45, 7) is 14.5. The van der Waals surface area contributed by atoms with Gasteiger partial charge in [0, 0.05) is 55.2 Å². The highest BCUT2D eigenvalue weighted by Crippen LogP contribution is 2.47. The van der Waals surface area contributed by atoms with Gasteiger partial charge in [-0.15, -0.1) is 6.58 Å². The SMILES string of the molecule is C=CCN(CC1=C(C(=O)OCC)C(c2cccc([N+](=O)[O-])c2)C(C(=O)OCC)=C(C)N1)CC(C)(C)N(CC(O)COc1ccccc1OC)C(c1ccccc1)(c1ccccc1)c1ccccc1. The minimum Gasteiger partial charge on any atom is -0.493 e. The van der Waals surface area contributed by atoms with Crippen molar-refractivity contribution in [3.63, 3.8) is 0 Å². The van der Waals surface area contributed by atoms with Crippen LogP contribution >= 0.6 is 0 Å². The number of dihydropyridines is 1. The first-order valence-electron chi connectivity index (χ1n) is 22.8. The van der Waals surface area contributed by atoms with E-state index in [1.807, 2.05) is 66.7 Å². The molecule has 0 saturated carbocycles. The van der Waals surface area contributed by atoms with Gasteiger partial charge in [0.05, 0.1) is 47.8 Å². The third-order valence-corrected chi connectivity index (χ3v) is 12.0. The van der Waals surface area contributed by atoms with E-state index >= 15 is 0 Å². The number of nitrogens with one attached hydrogen (secondary N) is 1. The number of nitrogens with zero attached hydrogens (tertiary/aromatic N) is 3. The van der Waals surface area contributed by atoms with Crippen LogP contribution in [0.4, 0.5) is 5.69 Å². The molecular formula is C55H62N4O9. The Bertz CT molecular complexity index is 2480. The van der Waals surface area contributed by atoms with E-state index in [0.29, 0.717) is 41.5 Å². The Labute approximate surface area is 399 Å². The van der Waals surface area contributed by atoms with E-state index in [1.54, 1.807) is 52.2 Å². The van der Waals surface area contributed by atoms with E-state index in [4.69, 9.17) is 18.9 Å².